The number of aromatic nitrogens is 2. The maximum Gasteiger partial charge on any atom is 0.266 e. The summed E-state index contributed by atoms with van der Waals surface area (Å²) in [4.78, 5) is 34.9. The molecule has 8 heteroatoms. The third-order valence-electron chi connectivity index (χ3n) is 6.01. The van der Waals surface area contributed by atoms with E-state index in [1.54, 1.807) is 17.7 Å². The molecule has 0 aliphatic rings. The van der Waals surface area contributed by atoms with E-state index in [1.807, 2.05) is 78.7 Å². The van der Waals surface area contributed by atoms with Gasteiger partial charge in [0.25, 0.3) is 11.5 Å². The van der Waals surface area contributed by atoms with E-state index in [-0.39, 0.29) is 11.5 Å². The Morgan fingerprint density at radius 3 is 2.53 bits per heavy atom. The number of methoxy groups -OCH3 is 1. The van der Waals surface area contributed by atoms with Crippen molar-refractivity contribution < 1.29 is 14.3 Å². The molecular weight excluding hydrogens is 474 g/mol. The van der Waals surface area contributed by atoms with Gasteiger partial charge in [0.05, 0.1) is 34.1 Å². The summed E-state index contributed by atoms with van der Waals surface area (Å²) in [6.07, 6.45) is 1.26. The molecule has 2 aromatic carbocycles. The molecule has 36 heavy (non-hydrogen) atoms. The van der Waals surface area contributed by atoms with E-state index >= 15 is 0 Å². The van der Waals surface area contributed by atoms with E-state index < -0.39 is 6.04 Å². The highest BCUT2D eigenvalue weighted by Gasteiger charge is 2.30. The molecule has 1 amide bonds. The van der Waals surface area contributed by atoms with Crippen LogP contribution >= 0.6 is 11.3 Å². The van der Waals surface area contributed by atoms with Crippen LogP contribution in [0.15, 0.2) is 70.8 Å². The summed E-state index contributed by atoms with van der Waals surface area (Å²) >= 11 is 1.41. The molecule has 0 bridgehead atoms. The Morgan fingerprint density at radius 1 is 1.08 bits per heavy atom. The number of rotatable bonds is 11. The van der Waals surface area contributed by atoms with Crippen molar-refractivity contribution in [2.24, 2.45) is 0 Å². The van der Waals surface area contributed by atoms with Crippen LogP contribution in [0.4, 0.5) is 0 Å². The number of nitrogens with zero attached hydrogens (tertiary/aromatic N) is 3. The van der Waals surface area contributed by atoms with E-state index in [9.17, 15) is 9.59 Å². The molecule has 4 aromatic rings. The number of carbonyl (C=O) groups excluding carboxylic acids is 1. The average molecular weight is 506 g/mol. The predicted molar refractivity (Wildman–Crippen MR) is 143 cm³/mol. The summed E-state index contributed by atoms with van der Waals surface area (Å²) in [6, 6.07) is 18.0. The van der Waals surface area contributed by atoms with Gasteiger partial charge in [-0.2, -0.15) is 0 Å². The summed E-state index contributed by atoms with van der Waals surface area (Å²) in [5.41, 5.74) is 1.12. The Balaban J connectivity index is 1.89. The smallest absolute Gasteiger partial charge is 0.266 e. The lowest BCUT2D eigenvalue weighted by atomic mass is 10.1. The lowest BCUT2D eigenvalue weighted by Crippen LogP contribution is -2.39. The Kier molecular flexibility index (Phi) is 8.51. The number of carbonyl (C=O) groups is 1. The molecule has 0 saturated carbocycles. The maximum absolute atomic E-state index is 13.8. The molecule has 0 N–H and O–H groups in total. The molecule has 0 aliphatic heterocycles. The van der Waals surface area contributed by atoms with Gasteiger partial charge >= 0.3 is 0 Å². The van der Waals surface area contributed by atoms with Crippen LogP contribution in [-0.2, 0) is 4.74 Å². The Morgan fingerprint density at radius 2 is 1.86 bits per heavy atom. The monoisotopic (exact) mass is 505 g/mol. The van der Waals surface area contributed by atoms with Crippen molar-refractivity contribution in [2.45, 2.75) is 32.7 Å². The van der Waals surface area contributed by atoms with Crippen molar-refractivity contribution in [1.82, 2.24) is 14.5 Å². The minimum atomic E-state index is -0.416. The fourth-order valence-electron chi connectivity index (χ4n) is 4.34. The van der Waals surface area contributed by atoms with Crippen LogP contribution in [0, 0.1) is 0 Å². The molecule has 2 heterocycles. The first kappa shape index (κ1) is 25.6. The molecule has 0 spiro atoms. The molecule has 1 unspecified atom stereocenters. The summed E-state index contributed by atoms with van der Waals surface area (Å²) in [5, 5.41) is 2.42. The van der Waals surface area contributed by atoms with Crippen LogP contribution in [0.25, 0.3) is 16.6 Å². The zero-order chi connectivity index (χ0) is 25.5. The van der Waals surface area contributed by atoms with Crippen molar-refractivity contribution in [3.05, 3.63) is 87.1 Å². The number of hydrogen-bond acceptors (Lipinski definition) is 6. The third-order valence-corrected chi connectivity index (χ3v) is 6.87. The van der Waals surface area contributed by atoms with Crippen LogP contribution in [0.1, 0.15) is 48.2 Å². The zero-order valence-corrected chi connectivity index (χ0v) is 21.7. The van der Waals surface area contributed by atoms with Gasteiger partial charge in [0.2, 0.25) is 0 Å². The van der Waals surface area contributed by atoms with Crippen LogP contribution in [0.5, 0.6) is 5.75 Å². The van der Waals surface area contributed by atoms with Gasteiger partial charge in [-0.1, -0.05) is 25.1 Å². The standard InChI is InChI=1S/C28H31N3O4S/c1-4-24(30(17-9-18-34-3)28(33)25-12-8-19-36-25)26-29-23-11-7-6-10-22(23)27(32)31(26)20-13-15-21(16-14-20)35-5-2/h6-8,10-16,19,24H,4-5,9,17-18H2,1-3H3. The molecule has 7 nitrogen and oxygen atoms in total. The topological polar surface area (TPSA) is 73.7 Å². The number of fused-ring (bicyclic) bond motifs is 1. The summed E-state index contributed by atoms with van der Waals surface area (Å²) < 4.78 is 12.5. The number of amides is 1. The van der Waals surface area contributed by atoms with Gasteiger partial charge in [-0.3, -0.25) is 14.2 Å². The minimum Gasteiger partial charge on any atom is -0.494 e. The number of benzene rings is 2. The average Bonchev–Trinajstić information content (AvgIpc) is 3.44. The van der Waals surface area contributed by atoms with Gasteiger partial charge in [-0.15, -0.1) is 11.3 Å². The first-order chi connectivity index (χ1) is 17.6. The second kappa shape index (κ2) is 12.0. The van der Waals surface area contributed by atoms with Crippen molar-refractivity contribution in [3.63, 3.8) is 0 Å². The number of para-hydroxylation sites is 1. The SMILES string of the molecule is CCOc1ccc(-n2c(C(CC)N(CCCOC)C(=O)c3cccs3)nc3ccccc3c2=O)cc1. The van der Waals surface area contributed by atoms with E-state index in [2.05, 4.69) is 0 Å². The highest BCUT2D eigenvalue weighted by atomic mass is 32.1. The summed E-state index contributed by atoms with van der Waals surface area (Å²) in [6.45, 7) is 5.51. The molecular formula is C28H31N3O4S. The van der Waals surface area contributed by atoms with Crippen molar-refractivity contribution in [1.29, 1.82) is 0 Å². The Labute approximate surface area is 214 Å². The van der Waals surface area contributed by atoms with Crippen LogP contribution < -0.4 is 10.3 Å². The highest BCUT2D eigenvalue weighted by Crippen LogP contribution is 2.29. The molecule has 4 rings (SSSR count). The molecule has 188 valence electrons. The van der Waals surface area contributed by atoms with Gasteiger partial charge in [0.1, 0.15) is 11.6 Å². The van der Waals surface area contributed by atoms with Crippen LogP contribution in [0.2, 0.25) is 0 Å². The number of hydrogen-bond donors (Lipinski definition) is 0. The quantitative estimate of drug-likeness (QED) is 0.253. The van der Waals surface area contributed by atoms with E-state index in [1.165, 1.54) is 11.3 Å². The van der Waals surface area contributed by atoms with E-state index in [4.69, 9.17) is 14.5 Å². The second-order valence-electron chi connectivity index (χ2n) is 8.30. The highest BCUT2D eigenvalue weighted by molar-refractivity contribution is 7.12. The largest absolute Gasteiger partial charge is 0.494 e. The second-order valence-corrected chi connectivity index (χ2v) is 9.25. The van der Waals surface area contributed by atoms with Crippen molar-refractivity contribution >= 4 is 28.1 Å². The minimum absolute atomic E-state index is 0.0754. The fraction of sp³-hybridized carbons (Fsp3) is 0.321. The number of thiophene rings is 1. The Hall–Kier alpha value is -3.49. The van der Waals surface area contributed by atoms with E-state index in [0.29, 0.717) is 59.9 Å². The first-order valence-electron chi connectivity index (χ1n) is 12.2. The lowest BCUT2D eigenvalue weighted by molar-refractivity contribution is 0.0639. The molecule has 0 aliphatic carbocycles. The van der Waals surface area contributed by atoms with Gasteiger partial charge in [0.15, 0.2) is 0 Å². The molecule has 0 saturated heterocycles. The van der Waals surface area contributed by atoms with Gasteiger partial charge in [-0.05, 0) is 67.6 Å². The fourth-order valence-corrected chi connectivity index (χ4v) is 5.02. The molecule has 0 fully saturated rings. The first-order valence-corrected chi connectivity index (χ1v) is 13.0. The molecule has 0 radical (unpaired) electrons. The van der Waals surface area contributed by atoms with E-state index in [0.717, 1.165) is 5.75 Å². The molecule has 1 atom stereocenters. The van der Waals surface area contributed by atoms with Crippen LogP contribution in [0.3, 0.4) is 0 Å². The summed E-state index contributed by atoms with van der Waals surface area (Å²) in [7, 11) is 1.65. The summed E-state index contributed by atoms with van der Waals surface area (Å²) in [5.74, 6) is 1.19. The predicted octanol–water partition coefficient (Wildman–Crippen LogP) is 5.48. The number of ether oxygens (including phenoxy) is 2. The van der Waals surface area contributed by atoms with Crippen LogP contribution in [-0.4, -0.2) is 47.2 Å². The van der Waals surface area contributed by atoms with Gasteiger partial charge < -0.3 is 14.4 Å². The molecule has 2 aromatic heterocycles. The van der Waals surface area contributed by atoms with Gasteiger partial charge in [0, 0.05) is 20.3 Å². The maximum atomic E-state index is 13.8. The van der Waals surface area contributed by atoms with Crippen molar-refractivity contribution in [3.8, 4) is 11.4 Å². The normalized spacial score (nSPS) is 12.0. The van der Waals surface area contributed by atoms with Crippen molar-refractivity contribution in [2.75, 3.05) is 26.9 Å². The third kappa shape index (κ3) is 5.34. The Bertz CT molecular complexity index is 1350. The lowest BCUT2D eigenvalue weighted by Gasteiger charge is -2.32. The zero-order valence-electron chi connectivity index (χ0n) is 20.8. The van der Waals surface area contributed by atoms with Gasteiger partial charge in [-0.25, -0.2) is 4.98 Å².